The zero-order valence-corrected chi connectivity index (χ0v) is 17.3. The van der Waals surface area contributed by atoms with Crippen molar-refractivity contribution in [3.8, 4) is 0 Å². The van der Waals surface area contributed by atoms with Crippen molar-refractivity contribution in [2.75, 3.05) is 41.8 Å². The first kappa shape index (κ1) is 20.3. The molecule has 1 aromatic carbocycles. The minimum atomic E-state index is -0.406. The second-order valence-electron chi connectivity index (χ2n) is 6.47. The van der Waals surface area contributed by atoms with Crippen molar-refractivity contribution in [2.45, 2.75) is 0 Å². The van der Waals surface area contributed by atoms with Crippen LogP contribution in [-0.2, 0) is 4.74 Å². The molecule has 0 unspecified atom stereocenters. The van der Waals surface area contributed by atoms with Crippen LogP contribution in [0.2, 0.25) is 10.0 Å². The number of benzene rings is 1. The van der Waals surface area contributed by atoms with Crippen molar-refractivity contribution in [3.05, 3.63) is 64.5 Å². The number of rotatable bonds is 5. The molecule has 2 N–H and O–H groups in total. The minimum Gasteiger partial charge on any atom is -0.378 e. The van der Waals surface area contributed by atoms with Gasteiger partial charge in [0, 0.05) is 31.0 Å². The van der Waals surface area contributed by atoms with E-state index in [-0.39, 0.29) is 15.6 Å². The highest BCUT2D eigenvalue weighted by atomic mass is 35.5. The number of hydrogen-bond acceptors (Lipinski definition) is 7. The zero-order valence-electron chi connectivity index (χ0n) is 15.8. The molecule has 0 aliphatic carbocycles. The van der Waals surface area contributed by atoms with Gasteiger partial charge in [-0.25, -0.2) is 9.97 Å². The van der Waals surface area contributed by atoms with Gasteiger partial charge >= 0.3 is 0 Å². The Kier molecular flexibility index (Phi) is 6.27. The molecule has 0 radical (unpaired) electrons. The summed E-state index contributed by atoms with van der Waals surface area (Å²) < 4.78 is 5.37. The Morgan fingerprint density at radius 1 is 1.07 bits per heavy atom. The van der Waals surface area contributed by atoms with Crippen molar-refractivity contribution >= 4 is 52.3 Å². The van der Waals surface area contributed by atoms with Crippen molar-refractivity contribution < 1.29 is 9.53 Å². The molecule has 1 saturated heterocycles. The van der Waals surface area contributed by atoms with Crippen molar-refractivity contribution in [1.29, 1.82) is 0 Å². The topological polar surface area (TPSA) is 92.3 Å². The Labute approximate surface area is 183 Å². The molecule has 2 aromatic heterocycles. The summed E-state index contributed by atoms with van der Waals surface area (Å²) in [6, 6.07) is 8.27. The van der Waals surface area contributed by atoms with E-state index in [1.165, 1.54) is 0 Å². The number of nitrogens with zero attached hydrogens (tertiary/aromatic N) is 4. The van der Waals surface area contributed by atoms with Crippen molar-refractivity contribution in [2.24, 2.45) is 0 Å². The van der Waals surface area contributed by atoms with Crippen LogP contribution in [0, 0.1) is 0 Å². The summed E-state index contributed by atoms with van der Waals surface area (Å²) in [5, 5.41) is 6.46. The van der Waals surface area contributed by atoms with E-state index in [1.807, 2.05) is 0 Å². The third-order valence-corrected chi connectivity index (χ3v) is 5.05. The summed E-state index contributed by atoms with van der Waals surface area (Å²) >= 11 is 12.2. The fourth-order valence-electron chi connectivity index (χ4n) is 2.98. The quantitative estimate of drug-likeness (QED) is 0.613. The standard InChI is InChI=1S/C20H18Cl2N6O2/c21-14-2-1-3-15(22)19(14)20(29)25-13-4-5-24-16(10-13)26-17-11-23-12-18(27-17)28-6-8-30-9-7-28/h1-5,10-12H,6-9H2,(H2,24,25,26,27,29). The first-order chi connectivity index (χ1) is 14.6. The molecule has 10 heteroatoms. The van der Waals surface area contributed by atoms with Crippen LogP contribution in [-0.4, -0.2) is 47.2 Å². The highest BCUT2D eigenvalue weighted by Crippen LogP contribution is 2.26. The molecule has 4 rings (SSSR count). The third kappa shape index (κ3) is 4.79. The summed E-state index contributed by atoms with van der Waals surface area (Å²) in [4.78, 5) is 27.8. The molecule has 154 valence electrons. The summed E-state index contributed by atoms with van der Waals surface area (Å²) in [5.41, 5.74) is 0.752. The average Bonchev–Trinajstić information content (AvgIpc) is 2.75. The third-order valence-electron chi connectivity index (χ3n) is 4.42. The molecule has 1 amide bonds. The first-order valence-electron chi connectivity index (χ1n) is 9.23. The maximum atomic E-state index is 12.6. The lowest BCUT2D eigenvalue weighted by molar-refractivity contribution is 0.102. The SMILES string of the molecule is O=C(Nc1ccnc(Nc2cncc(N3CCOCC3)n2)c1)c1c(Cl)cccc1Cl. The maximum absolute atomic E-state index is 12.6. The summed E-state index contributed by atoms with van der Waals surface area (Å²) in [6.45, 7) is 2.86. The monoisotopic (exact) mass is 444 g/mol. The fraction of sp³-hybridized carbons (Fsp3) is 0.200. The van der Waals surface area contributed by atoms with Gasteiger partial charge in [0.2, 0.25) is 0 Å². The van der Waals surface area contributed by atoms with Crippen LogP contribution < -0.4 is 15.5 Å². The van der Waals surface area contributed by atoms with Crippen LogP contribution >= 0.6 is 23.2 Å². The number of ether oxygens (including phenoxy) is 1. The van der Waals surface area contributed by atoms with E-state index in [9.17, 15) is 4.79 Å². The number of halogens is 2. The summed E-state index contributed by atoms with van der Waals surface area (Å²) in [5.74, 6) is 1.41. The van der Waals surface area contributed by atoms with E-state index in [0.29, 0.717) is 30.5 Å². The number of carbonyl (C=O) groups excluding carboxylic acids is 1. The molecule has 8 nitrogen and oxygen atoms in total. The Morgan fingerprint density at radius 2 is 1.83 bits per heavy atom. The van der Waals surface area contributed by atoms with Gasteiger partial charge in [-0.2, -0.15) is 0 Å². The highest BCUT2D eigenvalue weighted by molar-refractivity contribution is 6.40. The number of amides is 1. The number of carbonyl (C=O) groups is 1. The van der Waals surface area contributed by atoms with E-state index in [1.54, 1.807) is 48.9 Å². The lowest BCUT2D eigenvalue weighted by Gasteiger charge is -2.27. The largest absolute Gasteiger partial charge is 0.378 e. The highest BCUT2D eigenvalue weighted by Gasteiger charge is 2.16. The molecule has 3 aromatic rings. The molecule has 0 atom stereocenters. The minimum absolute atomic E-state index is 0.219. The smallest absolute Gasteiger partial charge is 0.258 e. The van der Waals surface area contributed by atoms with Gasteiger partial charge in [-0.05, 0) is 18.2 Å². The number of nitrogens with one attached hydrogen (secondary N) is 2. The van der Waals surface area contributed by atoms with Crippen LogP contribution in [0.15, 0.2) is 48.9 Å². The van der Waals surface area contributed by atoms with Crippen molar-refractivity contribution in [3.63, 3.8) is 0 Å². The first-order valence-corrected chi connectivity index (χ1v) is 9.99. The fourth-order valence-corrected chi connectivity index (χ4v) is 3.55. The van der Waals surface area contributed by atoms with E-state index in [2.05, 4.69) is 30.5 Å². The average molecular weight is 445 g/mol. The number of morpholine rings is 1. The Morgan fingerprint density at radius 3 is 2.60 bits per heavy atom. The molecule has 30 heavy (non-hydrogen) atoms. The van der Waals surface area contributed by atoms with Gasteiger partial charge in [-0.1, -0.05) is 29.3 Å². The van der Waals surface area contributed by atoms with Crippen LogP contribution in [0.1, 0.15) is 10.4 Å². The summed E-state index contributed by atoms with van der Waals surface area (Å²) in [6.07, 6.45) is 4.90. The van der Waals surface area contributed by atoms with Crippen LogP contribution in [0.5, 0.6) is 0 Å². The molecule has 3 heterocycles. The Balaban J connectivity index is 1.48. The van der Waals surface area contributed by atoms with Gasteiger partial charge < -0.3 is 20.3 Å². The molecular weight excluding hydrogens is 427 g/mol. The lowest BCUT2D eigenvalue weighted by Crippen LogP contribution is -2.36. The summed E-state index contributed by atoms with van der Waals surface area (Å²) in [7, 11) is 0. The normalized spacial score (nSPS) is 13.7. The molecule has 1 aliphatic rings. The van der Waals surface area contributed by atoms with Gasteiger partial charge in [0.15, 0.2) is 5.82 Å². The number of pyridine rings is 1. The van der Waals surface area contributed by atoms with Gasteiger partial charge in [0.05, 0.1) is 41.2 Å². The molecule has 1 aliphatic heterocycles. The van der Waals surface area contributed by atoms with Crippen LogP contribution in [0.3, 0.4) is 0 Å². The number of anilines is 4. The maximum Gasteiger partial charge on any atom is 0.258 e. The molecular formula is C20H18Cl2N6O2. The van der Waals surface area contributed by atoms with E-state index in [4.69, 9.17) is 27.9 Å². The second kappa shape index (κ2) is 9.25. The predicted octanol–water partition coefficient (Wildman–Crippen LogP) is 4.01. The van der Waals surface area contributed by atoms with Gasteiger partial charge in [-0.15, -0.1) is 0 Å². The van der Waals surface area contributed by atoms with Crippen LogP contribution in [0.4, 0.5) is 23.1 Å². The zero-order chi connectivity index (χ0) is 20.9. The van der Waals surface area contributed by atoms with E-state index < -0.39 is 5.91 Å². The predicted molar refractivity (Wildman–Crippen MR) is 117 cm³/mol. The molecule has 0 saturated carbocycles. The van der Waals surface area contributed by atoms with Crippen LogP contribution in [0.25, 0.3) is 0 Å². The Hall–Kier alpha value is -2.94. The number of aromatic nitrogens is 3. The number of hydrogen-bond donors (Lipinski definition) is 2. The van der Waals surface area contributed by atoms with Gasteiger partial charge in [0.1, 0.15) is 11.6 Å². The van der Waals surface area contributed by atoms with E-state index >= 15 is 0 Å². The molecule has 1 fully saturated rings. The lowest BCUT2D eigenvalue weighted by atomic mass is 10.2. The van der Waals surface area contributed by atoms with Gasteiger partial charge in [-0.3, -0.25) is 9.78 Å². The molecule has 0 spiro atoms. The second-order valence-corrected chi connectivity index (χ2v) is 7.28. The van der Waals surface area contributed by atoms with Crippen molar-refractivity contribution in [1.82, 2.24) is 15.0 Å². The molecule has 0 bridgehead atoms. The Bertz CT molecular complexity index is 1040. The van der Waals surface area contributed by atoms with E-state index in [0.717, 1.165) is 18.9 Å². The van der Waals surface area contributed by atoms with Gasteiger partial charge in [0.25, 0.3) is 5.91 Å².